The molecule has 2 unspecified atom stereocenters. The summed E-state index contributed by atoms with van der Waals surface area (Å²) in [6, 6.07) is 0. The molecule has 0 saturated heterocycles. The summed E-state index contributed by atoms with van der Waals surface area (Å²) >= 11 is 0. The van der Waals surface area contributed by atoms with Crippen molar-refractivity contribution < 1.29 is 4.79 Å². The number of hydrogen-bond acceptors (Lipinski definition) is 2. The molecule has 2 aliphatic carbocycles. The Morgan fingerprint density at radius 1 is 1.06 bits per heavy atom. The van der Waals surface area contributed by atoms with Gasteiger partial charge in [-0.2, -0.15) is 0 Å². The molecule has 0 N–H and O–H groups in total. The highest BCUT2D eigenvalue weighted by atomic mass is 16.1. The fourth-order valence-electron chi connectivity index (χ4n) is 3.85. The van der Waals surface area contributed by atoms with E-state index in [0.29, 0.717) is 11.7 Å². The smallest absolute Gasteiger partial charge is 0.137 e. The first-order valence-corrected chi connectivity index (χ1v) is 7.82. The van der Waals surface area contributed by atoms with Crippen LogP contribution in [0.5, 0.6) is 0 Å². The molecule has 2 fully saturated rings. The summed E-state index contributed by atoms with van der Waals surface area (Å²) in [7, 11) is 4.16. The van der Waals surface area contributed by atoms with Crippen molar-refractivity contribution >= 4 is 5.78 Å². The van der Waals surface area contributed by atoms with Crippen LogP contribution in [0, 0.1) is 17.8 Å². The van der Waals surface area contributed by atoms with Crippen LogP contribution in [0.25, 0.3) is 0 Å². The third-order valence-corrected chi connectivity index (χ3v) is 4.92. The standard InChI is InChI=1S/C16H29NO/c1-17(2)12-15-11-14(9-10-16(15)18)8-7-13-5-3-4-6-13/h13-15H,3-12H2,1-2H3. The fourth-order valence-corrected chi connectivity index (χ4v) is 3.85. The zero-order chi connectivity index (χ0) is 13.0. The maximum atomic E-state index is 11.9. The molecule has 2 aliphatic rings. The quantitative estimate of drug-likeness (QED) is 0.745. The lowest BCUT2D eigenvalue weighted by Gasteiger charge is -2.30. The van der Waals surface area contributed by atoms with Crippen molar-refractivity contribution in [2.75, 3.05) is 20.6 Å². The van der Waals surface area contributed by atoms with Gasteiger partial charge in [-0.05, 0) is 38.8 Å². The molecule has 2 nitrogen and oxygen atoms in total. The van der Waals surface area contributed by atoms with Gasteiger partial charge in [0.05, 0.1) is 0 Å². The Balaban J connectivity index is 1.73. The third-order valence-electron chi connectivity index (χ3n) is 4.92. The first-order chi connectivity index (χ1) is 8.65. The largest absolute Gasteiger partial charge is 0.309 e. The van der Waals surface area contributed by atoms with Gasteiger partial charge in [0, 0.05) is 18.9 Å². The molecule has 0 bridgehead atoms. The first kappa shape index (κ1) is 14.0. The lowest BCUT2D eigenvalue weighted by Crippen LogP contribution is -2.33. The topological polar surface area (TPSA) is 20.3 Å². The monoisotopic (exact) mass is 251 g/mol. The molecule has 0 aromatic heterocycles. The summed E-state index contributed by atoms with van der Waals surface area (Å²) in [6.07, 6.45) is 11.8. The van der Waals surface area contributed by atoms with Crippen LogP contribution in [-0.4, -0.2) is 31.3 Å². The van der Waals surface area contributed by atoms with Gasteiger partial charge in [-0.15, -0.1) is 0 Å². The van der Waals surface area contributed by atoms with E-state index in [9.17, 15) is 4.79 Å². The highest BCUT2D eigenvalue weighted by Gasteiger charge is 2.29. The molecule has 2 rings (SSSR count). The van der Waals surface area contributed by atoms with E-state index in [1.54, 1.807) is 0 Å². The minimum absolute atomic E-state index is 0.322. The molecule has 104 valence electrons. The summed E-state index contributed by atoms with van der Waals surface area (Å²) in [5, 5.41) is 0. The van der Waals surface area contributed by atoms with E-state index in [2.05, 4.69) is 19.0 Å². The van der Waals surface area contributed by atoms with E-state index >= 15 is 0 Å². The van der Waals surface area contributed by atoms with Crippen LogP contribution in [0.2, 0.25) is 0 Å². The maximum Gasteiger partial charge on any atom is 0.137 e. The Morgan fingerprint density at radius 2 is 1.72 bits per heavy atom. The lowest BCUT2D eigenvalue weighted by molar-refractivity contribution is -0.126. The van der Waals surface area contributed by atoms with Crippen molar-refractivity contribution in [2.24, 2.45) is 17.8 Å². The van der Waals surface area contributed by atoms with Crippen LogP contribution in [-0.2, 0) is 4.79 Å². The molecular formula is C16H29NO. The highest BCUT2D eigenvalue weighted by molar-refractivity contribution is 5.81. The van der Waals surface area contributed by atoms with E-state index in [4.69, 9.17) is 0 Å². The number of rotatable bonds is 5. The van der Waals surface area contributed by atoms with E-state index in [1.165, 1.54) is 38.5 Å². The lowest BCUT2D eigenvalue weighted by atomic mass is 9.77. The van der Waals surface area contributed by atoms with Crippen LogP contribution in [0.4, 0.5) is 0 Å². The minimum Gasteiger partial charge on any atom is -0.309 e. The van der Waals surface area contributed by atoms with Crippen molar-refractivity contribution in [1.29, 1.82) is 0 Å². The number of carbonyl (C=O) groups excluding carboxylic acids is 1. The molecule has 2 saturated carbocycles. The van der Waals surface area contributed by atoms with Gasteiger partial charge in [-0.25, -0.2) is 0 Å². The first-order valence-electron chi connectivity index (χ1n) is 7.82. The number of ketones is 1. The van der Waals surface area contributed by atoms with Gasteiger partial charge in [0.15, 0.2) is 0 Å². The van der Waals surface area contributed by atoms with Gasteiger partial charge in [0.1, 0.15) is 5.78 Å². The van der Waals surface area contributed by atoms with Crippen LogP contribution in [0.1, 0.15) is 57.8 Å². The molecular weight excluding hydrogens is 222 g/mol. The summed E-state index contributed by atoms with van der Waals surface area (Å²) < 4.78 is 0. The van der Waals surface area contributed by atoms with Gasteiger partial charge in [-0.3, -0.25) is 4.79 Å². The fraction of sp³-hybridized carbons (Fsp3) is 0.938. The molecule has 0 amide bonds. The predicted octanol–water partition coefficient (Wildman–Crippen LogP) is 3.50. The van der Waals surface area contributed by atoms with Crippen molar-refractivity contribution in [3.05, 3.63) is 0 Å². The summed E-state index contributed by atoms with van der Waals surface area (Å²) in [4.78, 5) is 14.1. The van der Waals surface area contributed by atoms with E-state index in [0.717, 1.165) is 37.6 Å². The molecule has 0 heterocycles. The second-order valence-electron chi connectivity index (χ2n) is 6.79. The third kappa shape index (κ3) is 4.08. The van der Waals surface area contributed by atoms with Crippen LogP contribution in [0.3, 0.4) is 0 Å². The Morgan fingerprint density at radius 3 is 2.39 bits per heavy atom. The molecule has 2 atom stereocenters. The normalized spacial score (nSPS) is 30.3. The van der Waals surface area contributed by atoms with Crippen molar-refractivity contribution in [2.45, 2.75) is 57.8 Å². The van der Waals surface area contributed by atoms with E-state index < -0.39 is 0 Å². The Kier molecular flexibility index (Phi) is 5.23. The molecule has 0 spiro atoms. The number of hydrogen-bond donors (Lipinski definition) is 0. The average Bonchev–Trinajstić information content (AvgIpc) is 2.82. The Hall–Kier alpha value is -0.370. The number of carbonyl (C=O) groups is 1. The molecule has 0 radical (unpaired) electrons. The second kappa shape index (κ2) is 6.70. The second-order valence-corrected chi connectivity index (χ2v) is 6.79. The maximum absolute atomic E-state index is 11.9. The molecule has 0 aromatic carbocycles. The number of nitrogens with zero attached hydrogens (tertiary/aromatic N) is 1. The van der Waals surface area contributed by atoms with E-state index in [1.807, 2.05) is 0 Å². The van der Waals surface area contributed by atoms with Crippen LogP contribution >= 0.6 is 0 Å². The Labute approximate surface area is 112 Å². The van der Waals surface area contributed by atoms with Crippen molar-refractivity contribution in [3.63, 3.8) is 0 Å². The zero-order valence-corrected chi connectivity index (χ0v) is 12.2. The van der Waals surface area contributed by atoms with Crippen LogP contribution < -0.4 is 0 Å². The van der Waals surface area contributed by atoms with Crippen LogP contribution in [0.15, 0.2) is 0 Å². The molecule has 0 aromatic rings. The average molecular weight is 251 g/mol. The zero-order valence-electron chi connectivity index (χ0n) is 12.2. The summed E-state index contributed by atoms with van der Waals surface area (Å²) in [6.45, 7) is 0.957. The molecule has 2 heteroatoms. The SMILES string of the molecule is CN(C)CC1CC(CCC2CCCC2)CCC1=O. The van der Waals surface area contributed by atoms with Gasteiger partial charge in [0.2, 0.25) is 0 Å². The minimum atomic E-state index is 0.322. The van der Waals surface area contributed by atoms with Crippen molar-refractivity contribution in [1.82, 2.24) is 4.90 Å². The van der Waals surface area contributed by atoms with Gasteiger partial charge >= 0.3 is 0 Å². The summed E-state index contributed by atoms with van der Waals surface area (Å²) in [5.74, 6) is 2.67. The van der Waals surface area contributed by atoms with Gasteiger partial charge in [-0.1, -0.05) is 38.5 Å². The molecule has 18 heavy (non-hydrogen) atoms. The molecule has 0 aliphatic heterocycles. The predicted molar refractivity (Wildman–Crippen MR) is 75.6 cm³/mol. The highest BCUT2D eigenvalue weighted by Crippen LogP contribution is 2.35. The van der Waals surface area contributed by atoms with Crippen molar-refractivity contribution in [3.8, 4) is 0 Å². The Bertz CT molecular complexity index is 268. The van der Waals surface area contributed by atoms with Gasteiger partial charge < -0.3 is 4.90 Å². The van der Waals surface area contributed by atoms with Gasteiger partial charge in [0.25, 0.3) is 0 Å². The summed E-state index contributed by atoms with van der Waals surface area (Å²) in [5.41, 5.74) is 0. The number of Topliss-reactive ketones (excluding diaryl/α,β-unsaturated/α-hetero) is 1. The van der Waals surface area contributed by atoms with E-state index in [-0.39, 0.29) is 0 Å².